The number of halogens is 1. The molecule has 0 aliphatic carbocycles. The number of carbonyl (C=O) groups excluding carboxylic acids is 1. The lowest BCUT2D eigenvalue weighted by molar-refractivity contribution is -0.122. The van der Waals surface area contributed by atoms with Crippen molar-refractivity contribution in [2.24, 2.45) is 11.7 Å². The number of aromatic nitrogens is 2. The molecule has 2 rings (SSSR count). The molecule has 0 bridgehead atoms. The van der Waals surface area contributed by atoms with Gasteiger partial charge in [0, 0.05) is 6.54 Å². The van der Waals surface area contributed by atoms with Crippen molar-refractivity contribution in [2.45, 2.75) is 45.1 Å². The van der Waals surface area contributed by atoms with E-state index >= 15 is 0 Å². The van der Waals surface area contributed by atoms with Crippen LogP contribution in [0.2, 0.25) is 0 Å². The molecule has 10 nitrogen and oxygen atoms in total. The van der Waals surface area contributed by atoms with Crippen LogP contribution in [0.4, 0.5) is 17.5 Å². The van der Waals surface area contributed by atoms with Crippen molar-refractivity contribution in [3.05, 3.63) is 10.4 Å². The summed E-state index contributed by atoms with van der Waals surface area (Å²) in [4.78, 5) is 32.6. The van der Waals surface area contributed by atoms with Crippen molar-refractivity contribution in [1.29, 1.82) is 0 Å². The van der Waals surface area contributed by atoms with Gasteiger partial charge < -0.3 is 32.0 Å². The number of rotatable bonds is 4. The predicted molar refractivity (Wildman–Crippen MR) is 96.8 cm³/mol. The Morgan fingerprint density at radius 3 is 2.48 bits per heavy atom. The maximum Gasteiger partial charge on any atom is 0.300 e. The fraction of sp³-hybridized carbons (Fsp3) is 0.643. The molecule has 1 aliphatic rings. The highest BCUT2D eigenvalue weighted by Gasteiger charge is 2.41. The molecule has 0 aromatic carbocycles. The zero-order valence-corrected chi connectivity index (χ0v) is 15.1. The Hall–Kier alpha value is -1.88. The van der Waals surface area contributed by atoms with E-state index < -0.39 is 35.8 Å². The molecule has 1 aromatic rings. The monoisotopic (exact) mass is 376 g/mol. The number of aliphatic hydroxyl groups is 2. The van der Waals surface area contributed by atoms with Gasteiger partial charge in [0.2, 0.25) is 11.9 Å². The molecule has 1 amide bonds. The van der Waals surface area contributed by atoms with Crippen LogP contribution in [0.25, 0.3) is 0 Å². The number of nitrogens with zero attached hydrogens (tertiary/aromatic N) is 2. The Morgan fingerprint density at radius 1 is 1.36 bits per heavy atom. The number of aliphatic hydroxyl groups excluding tert-OH is 2. The van der Waals surface area contributed by atoms with Crippen molar-refractivity contribution in [3.8, 4) is 0 Å². The molecule has 142 valence electrons. The number of amides is 1. The third-order valence-corrected chi connectivity index (χ3v) is 4.10. The van der Waals surface area contributed by atoms with Gasteiger partial charge in [-0.3, -0.25) is 14.5 Å². The second-order valence-corrected chi connectivity index (χ2v) is 6.31. The van der Waals surface area contributed by atoms with Crippen molar-refractivity contribution in [1.82, 2.24) is 9.97 Å². The standard InChI is InChI=1S/C14H24N6O4.ClH/c1-5(2)8(15)13(24)20-7(10(22)6(3)21)4-17-11-9(20)12(23)19-14(16)18-11;/h5-8,10,21-22H,4,15H2,1-3H3,(H4,16,17,18,19,23);1H. The molecule has 4 atom stereocenters. The summed E-state index contributed by atoms with van der Waals surface area (Å²) in [5.74, 6) is -0.581. The minimum absolute atomic E-state index is 0. The zero-order valence-electron chi connectivity index (χ0n) is 14.3. The number of nitrogen functional groups attached to an aromatic ring is 1. The minimum Gasteiger partial charge on any atom is -0.391 e. The van der Waals surface area contributed by atoms with Crippen molar-refractivity contribution >= 4 is 35.8 Å². The molecule has 2 heterocycles. The van der Waals surface area contributed by atoms with E-state index in [1.807, 2.05) is 0 Å². The molecule has 0 saturated heterocycles. The lowest BCUT2D eigenvalue weighted by Gasteiger charge is -2.41. The SMILES string of the molecule is CC(C)C(N)C(=O)N1c2c([nH]c(N)nc2=O)NCC1C(O)C(C)O.Cl. The predicted octanol–water partition coefficient (Wildman–Crippen LogP) is -1.37. The molecule has 25 heavy (non-hydrogen) atoms. The van der Waals surface area contributed by atoms with Crippen LogP contribution < -0.4 is 27.2 Å². The second kappa shape index (κ2) is 8.00. The van der Waals surface area contributed by atoms with E-state index in [1.165, 1.54) is 6.92 Å². The quantitative estimate of drug-likeness (QED) is 0.373. The van der Waals surface area contributed by atoms with E-state index in [-0.39, 0.29) is 42.3 Å². The number of hydrogen-bond acceptors (Lipinski definition) is 8. The molecule has 0 saturated carbocycles. The number of aromatic amines is 1. The summed E-state index contributed by atoms with van der Waals surface area (Å²) >= 11 is 0. The summed E-state index contributed by atoms with van der Waals surface area (Å²) in [5, 5.41) is 22.9. The van der Waals surface area contributed by atoms with Crippen molar-refractivity contribution in [2.75, 3.05) is 22.5 Å². The van der Waals surface area contributed by atoms with E-state index in [2.05, 4.69) is 15.3 Å². The van der Waals surface area contributed by atoms with E-state index in [9.17, 15) is 19.8 Å². The number of hydrogen-bond donors (Lipinski definition) is 6. The molecule has 0 fully saturated rings. The number of nitrogens with one attached hydrogen (secondary N) is 2. The maximum atomic E-state index is 12.8. The number of nitrogens with two attached hydrogens (primary N) is 2. The first-order valence-corrected chi connectivity index (χ1v) is 7.73. The molecule has 1 aromatic heterocycles. The first-order valence-electron chi connectivity index (χ1n) is 7.73. The summed E-state index contributed by atoms with van der Waals surface area (Å²) in [6.45, 7) is 5.06. The van der Waals surface area contributed by atoms with E-state index in [0.29, 0.717) is 0 Å². The first kappa shape index (κ1) is 21.2. The van der Waals surface area contributed by atoms with Crippen molar-refractivity contribution < 1.29 is 15.0 Å². The first-order chi connectivity index (χ1) is 11.1. The number of carbonyl (C=O) groups is 1. The molecule has 0 radical (unpaired) electrons. The number of fused-ring (bicyclic) bond motifs is 1. The van der Waals surface area contributed by atoms with E-state index in [0.717, 1.165) is 4.90 Å². The summed E-state index contributed by atoms with van der Waals surface area (Å²) < 4.78 is 0. The van der Waals surface area contributed by atoms with Crippen LogP contribution in [0.3, 0.4) is 0 Å². The van der Waals surface area contributed by atoms with Crippen LogP contribution in [0.15, 0.2) is 4.79 Å². The van der Waals surface area contributed by atoms with Crippen LogP contribution >= 0.6 is 12.4 Å². The average Bonchev–Trinajstić information content (AvgIpc) is 2.51. The molecule has 4 unspecified atom stereocenters. The van der Waals surface area contributed by atoms with Gasteiger partial charge >= 0.3 is 5.56 Å². The lowest BCUT2D eigenvalue weighted by Crippen LogP contribution is -2.61. The third kappa shape index (κ3) is 4.03. The van der Waals surface area contributed by atoms with Gasteiger partial charge in [0.05, 0.1) is 18.2 Å². The molecule has 0 spiro atoms. The van der Waals surface area contributed by atoms with Gasteiger partial charge in [0.25, 0.3) is 0 Å². The Bertz CT molecular complexity index is 680. The fourth-order valence-electron chi connectivity index (χ4n) is 2.61. The smallest absolute Gasteiger partial charge is 0.300 e. The van der Waals surface area contributed by atoms with E-state index in [1.54, 1.807) is 13.8 Å². The van der Waals surface area contributed by atoms with Gasteiger partial charge in [0.15, 0.2) is 5.69 Å². The Morgan fingerprint density at radius 2 is 1.96 bits per heavy atom. The lowest BCUT2D eigenvalue weighted by atomic mass is 9.98. The third-order valence-electron chi connectivity index (χ3n) is 4.10. The number of H-pyrrole nitrogens is 1. The number of anilines is 3. The Kier molecular flexibility index (Phi) is 6.77. The van der Waals surface area contributed by atoms with Crippen LogP contribution in [-0.2, 0) is 4.79 Å². The normalized spacial score (nSPS) is 20.1. The van der Waals surface area contributed by atoms with Gasteiger partial charge in [0.1, 0.15) is 11.9 Å². The van der Waals surface area contributed by atoms with E-state index in [4.69, 9.17) is 11.5 Å². The van der Waals surface area contributed by atoms with Gasteiger partial charge in [-0.15, -0.1) is 12.4 Å². The highest BCUT2D eigenvalue weighted by molar-refractivity contribution is 6.00. The average molecular weight is 377 g/mol. The summed E-state index contributed by atoms with van der Waals surface area (Å²) in [5.41, 5.74) is 10.7. The molecular weight excluding hydrogens is 352 g/mol. The summed E-state index contributed by atoms with van der Waals surface area (Å²) in [6.07, 6.45) is -2.38. The zero-order chi connectivity index (χ0) is 18.2. The van der Waals surface area contributed by atoms with Crippen LogP contribution in [0, 0.1) is 5.92 Å². The van der Waals surface area contributed by atoms with Gasteiger partial charge in [-0.25, -0.2) is 0 Å². The highest BCUT2D eigenvalue weighted by Crippen LogP contribution is 2.29. The second-order valence-electron chi connectivity index (χ2n) is 6.31. The largest absolute Gasteiger partial charge is 0.391 e. The van der Waals surface area contributed by atoms with Gasteiger partial charge in [-0.1, -0.05) is 13.8 Å². The van der Waals surface area contributed by atoms with Gasteiger partial charge in [-0.2, -0.15) is 4.98 Å². The van der Waals surface area contributed by atoms with Gasteiger partial charge in [-0.05, 0) is 12.8 Å². The molecule has 11 heteroatoms. The molecular formula is C14H25ClN6O4. The van der Waals surface area contributed by atoms with Crippen molar-refractivity contribution in [3.63, 3.8) is 0 Å². The Labute approximate surface area is 151 Å². The maximum absolute atomic E-state index is 12.8. The summed E-state index contributed by atoms with van der Waals surface area (Å²) in [6, 6.07) is -1.75. The Balaban J connectivity index is 0.00000312. The van der Waals surface area contributed by atoms with Crippen LogP contribution in [-0.4, -0.2) is 56.9 Å². The fourth-order valence-corrected chi connectivity index (χ4v) is 2.61. The van der Waals surface area contributed by atoms with Crippen LogP contribution in [0.5, 0.6) is 0 Å². The molecule has 1 aliphatic heterocycles. The highest BCUT2D eigenvalue weighted by atomic mass is 35.5. The minimum atomic E-state index is -1.27. The topological polar surface area (TPSA) is 171 Å². The van der Waals surface area contributed by atoms with Crippen LogP contribution in [0.1, 0.15) is 20.8 Å². The summed E-state index contributed by atoms with van der Waals surface area (Å²) in [7, 11) is 0. The molecule has 8 N–H and O–H groups in total.